The fraction of sp³-hybridized carbons (Fsp3) is 0.286. The van der Waals surface area contributed by atoms with E-state index >= 15 is 0 Å². The molecule has 110 valence electrons. The molecule has 1 amide bonds. The highest BCUT2D eigenvalue weighted by Crippen LogP contribution is 2.36. The SMILES string of the molecule is CCOC(=O)C1=C(C)NN2C(=O)c3ccccc3NC2S1. The van der Waals surface area contributed by atoms with Gasteiger partial charge < -0.3 is 10.1 Å². The number of para-hydroxylation sites is 1. The summed E-state index contributed by atoms with van der Waals surface area (Å²) in [5.41, 5.74) is 4.58. The molecule has 2 aliphatic heterocycles. The lowest BCUT2D eigenvalue weighted by atomic mass is 10.1. The third-order valence-corrected chi connectivity index (χ3v) is 4.47. The summed E-state index contributed by atoms with van der Waals surface area (Å²) in [5.74, 6) is -0.496. The molecule has 2 heterocycles. The number of ether oxygens (including phenoxy) is 1. The Hall–Kier alpha value is -2.15. The average molecular weight is 305 g/mol. The molecule has 0 fully saturated rings. The van der Waals surface area contributed by atoms with Crippen LogP contribution in [0.2, 0.25) is 0 Å². The zero-order chi connectivity index (χ0) is 15.0. The van der Waals surface area contributed by atoms with Gasteiger partial charge in [-0.2, -0.15) is 0 Å². The number of amides is 1. The summed E-state index contributed by atoms with van der Waals surface area (Å²) in [6.45, 7) is 3.84. The van der Waals surface area contributed by atoms with Crippen molar-refractivity contribution in [1.82, 2.24) is 10.4 Å². The van der Waals surface area contributed by atoms with E-state index in [-0.39, 0.29) is 17.4 Å². The van der Waals surface area contributed by atoms with Gasteiger partial charge in [0.25, 0.3) is 5.91 Å². The summed E-state index contributed by atoms with van der Waals surface area (Å²) in [4.78, 5) is 24.9. The third kappa shape index (κ3) is 2.33. The first-order valence-electron chi connectivity index (χ1n) is 6.62. The molecule has 0 aromatic heterocycles. The van der Waals surface area contributed by atoms with Gasteiger partial charge in [-0.1, -0.05) is 23.9 Å². The molecule has 1 unspecified atom stereocenters. The number of rotatable bonds is 2. The normalized spacial score (nSPS) is 20.2. The van der Waals surface area contributed by atoms with E-state index in [9.17, 15) is 9.59 Å². The van der Waals surface area contributed by atoms with Crippen LogP contribution >= 0.6 is 11.8 Å². The van der Waals surface area contributed by atoms with E-state index in [0.29, 0.717) is 22.8 Å². The lowest BCUT2D eigenvalue weighted by Crippen LogP contribution is -2.56. The van der Waals surface area contributed by atoms with E-state index in [1.54, 1.807) is 19.9 Å². The number of nitrogens with one attached hydrogen (secondary N) is 2. The topological polar surface area (TPSA) is 70.7 Å². The number of carbonyl (C=O) groups excluding carboxylic acids is 2. The minimum Gasteiger partial charge on any atom is -0.462 e. The number of carbonyl (C=O) groups is 2. The van der Waals surface area contributed by atoms with Crippen molar-refractivity contribution in [3.05, 3.63) is 40.4 Å². The van der Waals surface area contributed by atoms with Crippen molar-refractivity contribution < 1.29 is 14.3 Å². The number of nitrogens with zero attached hydrogens (tertiary/aromatic N) is 1. The Kier molecular flexibility index (Phi) is 3.50. The van der Waals surface area contributed by atoms with Crippen molar-refractivity contribution in [3.8, 4) is 0 Å². The van der Waals surface area contributed by atoms with Crippen molar-refractivity contribution in [3.63, 3.8) is 0 Å². The Bertz CT molecular complexity index is 644. The van der Waals surface area contributed by atoms with Gasteiger partial charge in [0.15, 0.2) is 5.50 Å². The molecule has 0 bridgehead atoms. The highest BCUT2D eigenvalue weighted by molar-refractivity contribution is 8.04. The van der Waals surface area contributed by atoms with Gasteiger partial charge in [0.1, 0.15) is 4.91 Å². The van der Waals surface area contributed by atoms with Gasteiger partial charge in [-0.15, -0.1) is 0 Å². The van der Waals surface area contributed by atoms with Gasteiger partial charge in [-0.3, -0.25) is 10.2 Å². The molecule has 6 nitrogen and oxygen atoms in total. The lowest BCUT2D eigenvalue weighted by molar-refractivity contribution is -0.137. The summed E-state index contributed by atoms with van der Waals surface area (Å²) in [5, 5.41) is 4.73. The molecular formula is C14H15N3O3S. The van der Waals surface area contributed by atoms with Crippen molar-refractivity contribution in [2.75, 3.05) is 11.9 Å². The van der Waals surface area contributed by atoms with Crippen LogP contribution < -0.4 is 10.7 Å². The number of esters is 1. The molecule has 21 heavy (non-hydrogen) atoms. The van der Waals surface area contributed by atoms with Crippen molar-refractivity contribution in [2.24, 2.45) is 0 Å². The van der Waals surface area contributed by atoms with Gasteiger partial charge >= 0.3 is 5.97 Å². The Balaban J connectivity index is 1.91. The monoisotopic (exact) mass is 305 g/mol. The number of hydrazine groups is 1. The molecule has 0 radical (unpaired) electrons. The molecule has 0 saturated carbocycles. The van der Waals surface area contributed by atoms with Gasteiger partial charge in [0.2, 0.25) is 0 Å². The van der Waals surface area contributed by atoms with E-state index in [2.05, 4.69) is 10.7 Å². The highest BCUT2D eigenvalue weighted by atomic mass is 32.2. The summed E-state index contributed by atoms with van der Waals surface area (Å²) in [7, 11) is 0. The fourth-order valence-corrected chi connectivity index (χ4v) is 3.29. The summed E-state index contributed by atoms with van der Waals surface area (Å²) in [6, 6.07) is 7.30. The second-order valence-corrected chi connectivity index (χ2v) is 5.71. The quantitative estimate of drug-likeness (QED) is 0.813. The minimum atomic E-state index is -0.379. The van der Waals surface area contributed by atoms with Crippen LogP contribution in [0.3, 0.4) is 0 Å². The molecule has 1 atom stereocenters. The fourth-order valence-electron chi connectivity index (χ4n) is 2.25. The predicted molar refractivity (Wildman–Crippen MR) is 80.1 cm³/mol. The number of anilines is 1. The maximum Gasteiger partial charge on any atom is 0.346 e. The predicted octanol–water partition coefficient (Wildman–Crippen LogP) is 1.88. The van der Waals surface area contributed by atoms with Crippen LogP contribution in [0, 0.1) is 0 Å². The molecule has 2 N–H and O–H groups in total. The first-order chi connectivity index (χ1) is 10.1. The van der Waals surface area contributed by atoms with Crippen LogP contribution in [-0.4, -0.2) is 29.0 Å². The van der Waals surface area contributed by atoms with Gasteiger partial charge in [-0.25, -0.2) is 9.80 Å². The van der Waals surface area contributed by atoms with Crippen molar-refractivity contribution in [2.45, 2.75) is 19.3 Å². The van der Waals surface area contributed by atoms with Crippen LogP contribution in [0.25, 0.3) is 0 Å². The van der Waals surface area contributed by atoms with Gasteiger partial charge in [0, 0.05) is 11.4 Å². The Labute approximate surface area is 126 Å². The van der Waals surface area contributed by atoms with E-state index < -0.39 is 0 Å². The Morgan fingerprint density at radius 2 is 2.19 bits per heavy atom. The molecule has 7 heteroatoms. The number of hydrogen-bond donors (Lipinski definition) is 2. The van der Waals surface area contributed by atoms with Crippen LogP contribution in [0.15, 0.2) is 34.9 Å². The third-order valence-electron chi connectivity index (χ3n) is 3.21. The zero-order valence-corrected chi connectivity index (χ0v) is 12.5. The summed E-state index contributed by atoms with van der Waals surface area (Å²) < 4.78 is 5.04. The van der Waals surface area contributed by atoms with Crippen LogP contribution in [0.5, 0.6) is 0 Å². The summed E-state index contributed by atoms with van der Waals surface area (Å²) >= 11 is 1.28. The molecule has 1 aromatic carbocycles. The van der Waals surface area contributed by atoms with Crippen molar-refractivity contribution >= 4 is 29.3 Å². The Morgan fingerprint density at radius 3 is 2.95 bits per heavy atom. The largest absolute Gasteiger partial charge is 0.462 e. The second kappa shape index (κ2) is 5.33. The standard InChI is InChI=1S/C14H15N3O3S/c1-3-20-13(19)11-8(2)16-17-12(18)9-6-4-5-7-10(9)15-14(17)21-11/h4-7,14-16H,3H2,1-2H3. The molecule has 0 spiro atoms. The number of hydrogen-bond acceptors (Lipinski definition) is 6. The summed E-state index contributed by atoms with van der Waals surface area (Å²) in [6.07, 6.45) is 0. The molecule has 2 aliphatic rings. The number of allylic oxidation sites excluding steroid dienone is 1. The number of fused-ring (bicyclic) bond motifs is 2. The highest BCUT2D eigenvalue weighted by Gasteiger charge is 2.38. The molecule has 0 saturated heterocycles. The zero-order valence-electron chi connectivity index (χ0n) is 11.7. The smallest absolute Gasteiger partial charge is 0.346 e. The first kappa shape index (κ1) is 13.8. The molecule has 1 aromatic rings. The molecular weight excluding hydrogens is 290 g/mol. The van der Waals surface area contributed by atoms with Crippen LogP contribution in [-0.2, 0) is 9.53 Å². The molecule has 3 rings (SSSR count). The van der Waals surface area contributed by atoms with Crippen LogP contribution in [0.4, 0.5) is 5.69 Å². The minimum absolute atomic E-state index is 0.121. The van der Waals surface area contributed by atoms with Gasteiger partial charge in [-0.05, 0) is 26.0 Å². The number of benzene rings is 1. The van der Waals surface area contributed by atoms with E-state index in [1.165, 1.54) is 16.8 Å². The first-order valence-corrected chi connectivity index (χ1v) is 7.50. The number of thioether (sulfide) groups is 1. The second-order valence-electron chi connectivity index (χ2n) is 4.62. The van der Waals surface area contributed by atoms with E-state index in [1.807, 2.05) is 18.2 Å². The van der Waals surface area contributed by atoms with E-state index in [0.717, 1.165) is 5.69 Å². The van der Waals surface area contributed by atoms with Gasteiger partial charge in [0.05, 0.1) is 12.2 Å². The average Bonchev–Trinajstić information content (AvgIpc) is 2.48. The van der Waals surface area contributed by atoms with Crippen molar-refractivity contribution in [1.29, 1.82) is 0 Å². The Morgan fingerprint density at radius 1 is 1.43 bits per heavy atom. The van der Waals surface area contributed by atoms with Crippen LogP contribution in [0.1, 0.15) is 24.2 Å². The van der Waals surface area contributed by atoms with E-state index in [4.69, 9.17) is 4.74 Å². The lowest BCUT2D eigenvalue weighted by Gasteiger charge is -2.41. The molecule has 0 aliphatic carbocycles. The maximum atomic E-state index is 12.5. The maximum absolute atomic E-state index is 12.5.